The van der Waals surface area contributed by atoms with Crippen LogP contribution >= 0.6 is 10.0 Å². The van der Waals surface area contributed by atoms with Crippen molar-refractivity contribution in [2.75, 3.05) is 18.8 Å². The number of nitrogens with zero attached hydrogens (tertiary/aromatic N) is 1. The standard InChI is InChI=1S/C23H27NS/c1-16-17(2)23(3,25(4,5)6)21-19-14-10-11-15-20(19)24(22(16)21)18-12-8-7-9-13-18/h7-15H,1-6H3. The second-order valence-corrected chi connectivity index (χ2v) is 12.5. The minimum atomic E-state index is -0.829. The summed E-state index contributed by atoms with van der Waals surface area (Å²) in [5, 5.41) is 1.41. The molecule has 0 amide bonds. The van der Waals surface area contributed by atoms with Gasteiger partial charge in [-0.25, -0.2) is 10.0 Å². The van der Waals surface area contributed by atoms with Gasteiger partial charge in [0.25, 0.3) is 0 Å². The smallest absolute Gasteiger partial charge is 0.0546 e. The van der Waals surface area contributed by atoms with Crippen molar-refractivity contribution >= 4 is 26.5 Å². The maximum Gasteiger partial charge on any atom is 0.0546 e. The molecule has 1 heterocycles. The molecule has 2 heteroatoms. The molecule has 1 nitrogen and oxygen atoms in total. The number of hydrogen-bond donors (Lipinski definition) is 0. The van der Waals surface area contributed by atoms with Gasteiger partial charge in [-0.05, 0) is 68.9 Å². The third-order valence-corrected chi connectivity index (χ3v) is 9.18. The van der Waals surface area contributed by atoms with Gasteiger partial charge in [-0.3, -0.25) is 0 Å². The Morgan fingerprint density at radius 2 is 1.44 bits per heavy atom. The molecular formula is C23H27NS. The van der Waals surface area contributed by atoms with Crippen molar-refractivity contribution in [1.29, 1.82) is 0 Å². The summed E-state index contributed by atoms with van der Waals surface area (Å²) in [6.07, 6.45) is 7.36. The van der Waals surface area contributed by atoms with Gasteiger partial charge in [0.05, 0.1) is 11.2 Å². The Hall–Kier alpha value is -1.93. The van der Waals surface area contributed by atoms with Crippen molar-refractivity contribution in [3.63, 3.8) is 0 Å². The lowest BCUT2D eigenvalue weighted by Gasteiger charge is -2.46. The predicted octanol–water partition coefficient (Wildman–Crippen LogP) is 6.35. The van der Waals surface area contributed by atoms with Crippen LogP contribution in [0.3, 0.4) is 0 Å². The lowest BCUT2D eigenvalue weighted by atomic mass is 9.96. The van der Waals surface area contributed by atoms with E-state index in [1.54, 1.807) is 0 Å². The quantitative estimate of drug-likeness (QED) is 0.508. The molecule has 0 bridgehead atoms. The van der Waals surface area contributed by atoms with Crippen LogP contribution in [0.5, 0.6) is 0 Å². The number of fused-ring (bicyclic) bond motifs is 3. The summed E-state index contributed by atoms with van der Waals surface area (Å²) in [6.45, 7) is 7.12. The first-order valence-corrected chi connectivity index (χ1v) is 11.7. The largest absolute Gasteiger partial charge is 0.309 e. The maximum absolute atomic E-state index is 2.47. The van der Waals surface area contributed by atoms with Crippen molar-refractivity contribution in [2.24, 2.45) is 0 Å². The van der Waals surface area contributed by atoms with Crippen LogP contribution in [0.4, 0.5) is 0 Å². The second kappa shape index (κ2) is 5.28. The summed E-state index contributed by atoms with van der Waals surface area (Å²) < 4.78 is 2.59. The van der Waals surface area contributed by atoms with E-state index >= 15 is 0 Å². The van der Waals surface area contributed by atoms with Crippen LogP contribution < -0.4 is 0 Å². The zero-order chi connectivity index (χ0) is 18.0. The molecule has 1 aromatic heterocycles. The number of aromatic nitrogens is 1. The Kier molecular flexibility index (Phi) is 3.49. The van der Waals surface area contributed by atoms with Gasteiger partial charge in [0.1, 0.15) is 0 Å². The average molecular weight is 350 g/mol. The lowest BCUT2D eigenvalue weighted by Crippen LogP contribution is -2.27. The highest BCUT2D eigenvalue weighted by Gasteiger charge is 2.47. The summed E-state index contributed by atoms with van der Waals surface area (Å²) in [6, 6.07) is 19.7. The molecule has 1 unspecified atom stereocenters. The lowest BCUT2D eigenvalue weighted by molar-refractivity contribution is 0.830. The Balaban J connectivity index is 2.20. The summed E-state index contributed by atoms with van der Waals surface area (Å²) in [5.41, 5.74) is 8.50. The summed E-state index contributed by atoms with van der Waals surface area (Å²) in [7, 11) is -0.829. The van der Waals surface area contributed by atoms with Crippen LogP contribution in [-0.4, -0.2) is 23.3 Å². The third-order valence-electron chi connectivity index (χ3n) is 6.22. The molecule has 0 fully saturated rings. The van der Waals surface area contributed by atoms with Gasteiger partial charge >= 0.3 is 0 Å². The molecule has 25 heavy (non-hydrogen) atoms. The molecule has 0 saturated carbocycles. The van der Waals surface area contributed by atoms with Gasteiger partial charge < -0.3 is 4.57 Å². The molecule has 1 atom stereocenters. The number of para-hydroxylation sites is 2. The molecule has 130 valence electrons. The molecule has 1 aliphatic rings. The predicted molar refractivity (Wildman–Crippen MR) is 114 cm³/mol. The first-order chi connectivity index (χ1) is 11.8. The van der Waals surface area contributed by atoms with Crippen molar-refractivity contribution in [2.45, 2.75) is 25.5 Å². The Morgan fingerprint density at radius 1 is 0.840 bits per heavy atom. The fourth-order valence-corrected chi connectivity index (χ4v) is 6.30. The topological polar surface area (TPSA) is 4.93 Å². The summed E-state index contributed by atoms with van der Waals surface area (Å²) in [4.78, 5) is 0. The highest BCUT2D eigenvalue weighted by Crippen LogP contribution is 2.66. The minimum absolute atomic E-state index is 0.117. The van der Waals surface area contributed by atoms with Crippen molar-refractivity contribution in [3.05, 3.63) is 71.4 Å². The molecule has 0 aliphatic heterocycles. The number of hydrogen-bond acceptors (Lipinski definition) is 0. The van der Waals surface area contributed by atoms with Crippen LogP contribution in [0, 0.1) is 0 Å². The Labute approximate surface area is 152 Å². The first-order valence-electron chi connectivity index (χ1n) is 8.84. The molecule has 2 aromatic carbocycles. The van der Waals surface area contributed by atoms with Gasteiger partial charge in [-0.2, -0.15) is 0 Å². The average Bonchev–Trinajstić information content (AvgIpc) is 3.03. The minimum Gasteiger partial charge on any atom is -0.309 e. The van der Waals surface area contributed by atoms with Gasteiger partial charge in [-0.1, -0.05) is 36.4 Å². The van der Waals surface area contributed by atoms with Crippen LogP contribution in [0.25, 0.3) is 22.2 Å². The molecule has 1 aliphatic carbocycles. The number of benzene rings is 2. The van der Waals surface area contributed by atoms with E-state index in [-0.39, 0.29) is 4.75 Å². The van der Waals surface area contributed by atoms with E-state index in [1.165, 1.54) is 39.0 Å². The van der Waals surface area contributed by atoms with Gasteiger partial charge in [-0.15, -0.1) is 0 Å². The second-order valence-electron chi connectivity index (χ2n) is 8.03. The summed E-state index contributed by atoms with van der Waals surface area (Å²) in [5.74, 6) is 0. The van der Waals surface area contributed by atoms with Gasteiger partial charge in [0.15, 0.2) is 0 Å². The molecule has 4 rings (SSSR count). The van der Waals surface area contributed by atoms with E-state index in [2.05, 4.69) is 98.7 Å². The normalized spacial score (nSPS) is 21.0. The molecule has 3 aromatic rings. The molecule has 0 spiro atoms. The molecule has 0 saturated heterocycles. The van der Waals surface area contributed by atoms with E-state index in [4.69, 9.17) is 0 Å². The van der Waals surface area contributed by atoms with Gasteiger partial charge in [0, 0.05) is 21.4 Å². The fourth-order valence-electron chi connectivity index (χ4n) is 4.41. The highest BCUT2D eigenvalue weighted by molar-refractivity contribution is 8.33. The van der Waals surface area contributed by atoms with E-state index in [1.807, 2.05) is 0 Å². The molecular weight excluding hydrogens is 322 g/mol. The van der Waals surface area contributed by atoms with E-state index in [0.29, 0.717) is 0 Å². The van der Waals surface area contributed by atoms with Crippen LogP contribution in [0.15, 0.2) is 60.2 Å². The van der Waals surface area contributed by atoms with E-state index < -0.39 is 10.0 Å². The maximum atomic E-state index is 2.47. The highest BCUT2D eigenvalue weighted by atomic mass is 32.3. The SMILES string of the molecule is CC1=C(C)C(C)(S(C)(C)C)c2c1n(-c1ccccc1)c1ccccc21. The zero-order valence-electron chi connectivity index (χ0n) is 16.1. The summed E-state index contributed by atoms with van der Waals surface area (Å²) >= 11 is 0. The van der Waals surface area contributed by atoms with Crippen molar-refractivity contribution in [1.82, 2.24) is 4.57 Å². The van der Waals surface area contributed by atoms with E-state index in [9.17, 15) is 0 Å². The van der Waals surface area contributed by atoms with Crippen molar-refractivity contribution < 1.29 is 0 Å². The fraction of sp³-hybridized carbons (Fsp3) is 0.304. The van der Waals surface area contributed by atoms with Crippen LogP contribution in [0.1, 0.15) is 32.0 Å². The van der Waals surface area contributed by atoms with Crippen molar-refractivity contribution in [3.8, 4) is 5.69 Å². The van der Waals surface area contributed by atoms with Crippen LogP contribution in [0.2, 0.25) is 0 Å². The third kappa shape index (κ3) is 2.04. The van der Waals surface area contributed by atoms with E-state index in [0.717, 1.165) is 0 Å². The Bertz CT molecular complexity index is 1000. The molecule has 0 radical (unpaired) electrons. The first kappa shape index (κ1) is 16.5. The monoisotopic (exact) mass is 349 g/mol. The molecule has 0 N–H and O–H groups in total. The number of rotatable bonds is 2. The Morgan fingerprint density at radius 3 is 2.08 bits per heavy atom. The van der Waals surface area contributed by atoms with Gasteiger partial charge in [0.2, 0.25) is 0 Å². The zero-order valence-corrected chi connectivity index (χ0v) is 16.9. The number of allylic oxidation sites excluding steroid dienone is 1. The van der Waals surface area contributed by atoms with Crippen LogP contribution in [-0.2, 0) is 4.75 Å².